The third kappa shape index (κ3) is 10.3. The minimum Gasteiger partial charge on any atom is -0.465 e. The average molecular weight is 509 g/mol. The van der Waals surface area contributed by atoms with Crippen LogP contribution in [0.4, 0.5) is 0 Å². The Kier molecular flexibility index (Phi) is 15.0. The predicted molar refractivity (Wildman–Crippen MR) is 138 cm³/mol. The SMILES string of the molecule is CCCCCCC=C[C@H]1C[C@@H](C(=O)OCC)C(=O)[C@@H]1CCCCC(OC1CCCCO1)C(=O)OCC. The van der Waals surface area contributed by atoms with Gasteiger partial charge in [-0.1, -0.05) is 51.2 Å². The number of hydrogen-bond acceptors (Lipinski definition) is 7. The second kappa shape index (κ2) is 17.7. The number of esters is 2. The van der Waals surface area contributed by atoms with Crippen LogP contribution in [0.25, 0.3) is 0 Å². The summed E-state index contributed by atoms with van der Waals surface area (Å²) in [6.45, 7) is 7.00. The topological polar surface area (TPSA) is 88.1 Å². The Balaban J connectivity index is 1.91. The molecule has 0 bridgehead atoms. The maximum atomic E-state index is 13.1. The van der Waals surface area contributed by atoms with Crippen LogP contribution in [0.2, 0.25) is 0 Å². The Morgan fingerprint density at radius 1 is 1.03 bits per heavy atom. The summed E-state index contributed by atoms with van der Waals surface area (Å²) in [6.07, 6.45) is 15.2. The van der Waals surface area contributed by atoms with E-state index in [1.807, 2.05) is 0 Å². The van der Waals surface area contributed by atoms with Gasteiger partial charge in [-0.2, -0.15) is 0 Å². The molecule has 36 heavy (non-hydrogen) atoms. The first kappa shape index (κ1) is 30.5. The third-order valence-electron chi connectivity index (χ3n) is 7.15. The number of carbonyl (C=O) groups excluding carboxylic acids is 3. The fraction of sp³-hybridized carbons (Fsp3) is 0.828. The third-order valence-corrected chi connectivity index (χ3v) is 7.15. The number of ketones is 1. The molecule has 2 unspecified atom stereocenters. The van der Waals surface area contributed by atoms with Crippen molar-refractivity contribution in [2.75, 3.05) is 19.8 Å². The number of unbranched alkanes of at least 4 members (excludes halogenated alkanes) is 5. The fourth-order valence-electron chi connectivity index (χ4n) is 5.18. The highest BCUT2D eigenvalue weighted by Crippen LogP contribution is 2.38. The van der Waals surface area contributed by atoms with E-state index in [1.54, 1.807) is 13.8 Å². The Hall–Kier alpha value is -1.73. The Bertz CT molecular complexity index is 683. The Labute approximate surface area is 217 Å². The lowest BCUT2D eigenvalue weighted by molar-refractivity contribution is -0.204. The highest BCUT2D eigenvalue weighted by Gasteiger charge is 2.44. The second-order valence-corrected chi connectivity index (χ2v) is 9.95. The molecule has 1 saturated carbocycles. The van der Waals surface area contributed by atoms with E-state index in [2.05, 4.69) is 19.1 Å². The maximum absolute atomic E-state index is 13.1. The van der Waals surface area contributed by atoms with E-state index in [9.17, 15) is 14.4 Å². The lowest BCUT2D eigenvalue weighted by Gasteiger charge is -2.27. The van der Waals surface area contributed by atoms with Crippen LogP contribution >= 0.6 is 0 Å². The van der Waals surface area contributed by atoms with Gasteiger partial charge in [0, 0.05) is 12.5 Å². The molecule has 1 aliphatic carbocycles. The molecule has 0 aromatic heterocycles. The molecule has 0 aromatic carbocycles. The van der Waals surface area contributed by atoms with Gasteiger partial charge in [0.15, 0.2) is 18.2 Å². The number of ether oxygens (including phenoxy) is 4. The number of hydrogen-bond donors (Lipinski definition) is 0. The molecule has 2 fully saturated rings. The lowest BCUT2D eigenvalue weighted by Crippen LogP contribution is -2.34. The van der Waals surface area contributed by atoms with E-state index in [0.29, 0.717) is 32.5 Å². The number of rotatable bonds is 17. The molecular formula is C29H48O7. The van der Waals surface area contributed by atoms with Crippen LogP contribution in [0.15, 0.2) is 12.2 Å². The molecule has 5 atom stereocenters. The van der Waals surface area contributed by atoms with Crippen LogP contribution in [0.3, 0.4) is 0 Å². The first-order valence-corrected chi connectivity index (χ1v) is 14.3. The van der Waals surface area contributed by atoms with Crippen molar-refractivity contribution in [1.82, 2.24) is 0 Å². The Morgan fingerprint density at radius 3 is 2.53 bits per heavy atom. The molecule has 2 rings (SSSR count). The van der Waals surface area contributed by atoms with Crippen molar-refractivity contribution in [2.24, 2.45) is 17.8 Å². The molecule has 1 heterocycles. The molecule has 1 aliphatic heterocycles. The second-order valence-electron chi connectivity index (χ2n) is 9.95. The largest absolute Gasteiger partial charge is 0.465 e. The van der Waals surface area contributed by atoms with Crippen molar-refractivity contribution in [3.8, 4) is 0 Å². The lowest BCUT2D eigenvalue weighted by atomic mass is 9.89. The predicted octanol–water partition coefficient (Wildman–Crippen LogP) is 5.93. The van der Waals surface area contributed by atoms with Gasteiger partial charge in [0.25, 0.3) is 0 Å². The van der Waals surface area contributed by atoms with Gasteiger partial charge >= 0.3 is 11.9 Å². The minimum atomic E-state index is -0.663. The van der Waals surface area contributed by atoms with Crippen molar-refractivity contribution in [1.29, 1.82) is 0 Å². The van der Waals surface area contributed by atoms with Crippen LogP contribution in [-0.4, -0.2) is 49.9 Å². The highest BCUT2D eigenvalue weighted by atomic mass is 16.7. The van der Waals surface area contributed by atoms with Gasteiger partial charge in [-0.25, -0.2) is 4.79 Å². The van der Waals surface area contributed by atoms with Crippen molar-refractivity contribution >= 4 is 17.7 Å². The van der Waals surface area contributed by atoms with Gasteiger partial charge in [-0.3, -0.25) is 9.59 Å². The summed E-state index contributed by atoms with van der Waals surface area (Å²) in [5.74, 6) is -1.53. The number of allylic oxidation sites excluding steroid dienone is 2. The maximum Gasteiger partial charge on any atom is 0.335 e. The molecule has 0 aromatic rings. The minimum absolute atomic E-state index is 0.00267. The van der Waals surface area contributed by atoms with Gasteiger partial charge in [0.05, 0.1) is 13.2 Å². The number of carbonyl (C=O) groups is 3. The van der Waals surface area contributed by atoms with E-state index < -0.39 is 18.0 Å². The molecule has 0 N–H and O–H groups in total. The van der Waals surface area contributed by atoms with Crippen molar-refractivity contribution in [3.05, 3.63) is 12.2 Å². The van der Waals surface area contributed by atoms with Crippen LogP contribution in [0.1, 0.15) is 104 Å². The van der Waals surface area contributed by atoms with Gasteiger partial charge in [-0.05, 0) is 71.1 Å². The zero-order chi connectivity index (χ0) is 26.2. The molecule has 7 nitrogen and oxygen atoms in total. The van der Waals surface area contributed by atoms with Crippen molar-refractivity contribution in [3.63, 3.8) is 0 Å². The van der Waals surface area contributed by atoms with Gasteiger partial charge < -0.3 is 18.9 Å². The summed E-state index contributed by atoms with van der Waals surface area (Å²) in [5.41, 5.74) is 0. The molecule has 0 spiro atoms. The molecule has 0 radical (unpaired) electrons. The summed E-state index contributed by atoms with van der Waals surface area (Å²) in [4.78, 5) is 38.0. The smallest absolute Gasteiger partial charge is 0.335 e. The monoisotopic (exact) mass is 508 g/mol. The van der Waals surface area contributed by atoms with E-state index >= 15 is 0 Å². The number of Topliss-reactive ketones (excluding diaryl/α,β-unsaturated/α-hetero) is 1. The zero-order valence-electron chi connectivity index (χ0n) is 22.7. The first-order valence-electron chi connectivity index (χ1n) is 14.3. The summed E-state index contributed by atoms with van der Waals surface area (Å²) in [5, 5.41) is 0. The van der Waals surface area contributed by atoms with Crippen LogP contribution < -0.4 is 0 Å². The Morgan fingerprint density at radius 2 is 1.83 bits per heavy atom. The zero-order valence-corrected chi connectivity index (χ0v) is 22.7. The van der Waals surface area contributed by atoms with E-state index in [-0.39, 0.29) is 36.5 Å². The van der Waals surface area contributed by atoms with Crippen molar-refractivity contribution < 1.29 is 33.3 Å². The van der Waals surface area contributed by atoms with Crippen LogP contribution in [0, 0.1) is 17.8 Å². The van der Waals surface area contributed by atoms with Crippen LogP contribution in [0.5, 0.6) is 0 Å². The van der Waals surface area contributed by atoms with Gasteiger partial charge in [-0.15, -0.1) is 0 Å². The molecule has 1 saturated heterocycles. The summed E-state index contributed by atoms with van der Waals surface area (Å²) < 4.78 is 22.0. The van der Waals surface area contributed by atoms with Gasteiger partial charge in [0.1, 0.15) is 5.92 Å². The molecular weight excluding hydrogens is 460 g/mol. The first-order chi connectivity index (χ1) is 17.5. The molecule has 206 valence electrons. The van der Waals surface area contributed by atoms with Crippen molar-refractivity contribution in [2.45, 2.75) is 117 Å². The van der Waals surface area contributed by atoms with Gasteiger partial charge in [0.2, 0.25) is 0 Å². The summed E-state index contributed by atoms with van der Waals surface area (Å²) >= 11 is 0. The quantitative estimate of drug-likeness (QED) is 0.104. The summed E-state index contributed by atoms with van der Waals surface area (Å²) in [6, 6.07) is 0. The molecule has 0 amide bonds. The van der Waals surface area contributed by atoms with Crippen LogP contribution in [-0.2, 0) is 33.3 Å². The van der Waals surface area contributed by atoms with E-state index in [0.717, 1.165) is 44.9 Å². The molecule has 7 heteroatoms. The fourth-order valence-corrected chi connectivity index (χ4v) is 5.18. The van der Waals surface area contributed by atoms with E-state index in [4.69, 9.17) is 18.9 Å². The standard InChI is InChI=1S/C29H48O7/c1-4-7-8-9-10-11-16-22-21-24(28(31)33-5-2)27(30)23(22)17-12-13-18-25(29(32)34-6-3)36-26-19-14-15-20-35-26/h11,16,22-26H,4-10,12-15,17-21H2,1-3H3/t22-,23+,24+,25?,26?/m0/s1. The highest BCUT2D eigenvalue weighted by molar-refractivity contribution is 6.02. The normalized spacial score (nSPS) is 25.2. The van der Waals surface area contributed by atoms with E-state index in [1.165, 1.54) is 19.3 Å². The molecule has 2 aliphatic rings. The average Bonchev–Trinajstić information content (AvgIpc) is 3.19. The summed E-state index contributed by atoms with van der Waals surface area (Å²) in [7, 11) is 0.